The maximum absolute atomic E-state index is 11.3. The molecule has 0 spiro atoms. The summed E-state index contributed by atoms with van der Waals surface area (Å²) in [6, 6.07) is 0. The van der Waals surface area contributed by atoms with Crippen LogP contribution >= 0.6 is 0 Å². The third-order valence-corrected chi connectivity index (χ3v) is 9.51. The maximum Gasteiger partial charge on any atom is 0.106 e. The van der Waals surface area contributed by atoms with Crippen LogP contribution in [0.5, 0.6) is 0 Å². The van der Waals surface area contributed by atoms with E-state index in [1.165, 1.54) is 0 Å². The van der Waals surface area contributed by atoms with E-state index in [2.05, 4.69) is 6.92 Å². The molecule has 5 N–H and O–H groups in total. The molecule has 150 valence electrons. The normalized spacial score (nSPS) is 57.8. The van der Waals surface area contributed by atoms with Crippen LogP contribution in [0, 0.1) is 34.5 Å². The molecule has 4 saturated carbocycles. The van der Waals surface area contributed by atoms with Crippen LogP contribution in [0.15, 0.2) is 0 Å². The van der Waals surface area contributed by atoms with E-state index >= 15 is 0 Å². The van der Waals surface area contributed by atoms with Gasteiger partial charge in [-0.15, -0.1) is 0 Å². The number of hydrogen-bond acceptors (Lipinski definition) is 5. The highest BCUT2D eigenvalue weighted by molar-refractivity contribution is 5.17. The molecule has 0 aromatic rings. The highest BCUT2D eigenvalue weighted by Crippen LogP contribution is 2.68. The Hall–Kier alpha value is -0.200. The third-order valence-electron chi connectivity index (χ3n) is 9.51. The minimum absolute atomic E-state index is 0.0548. The number of hydrogen-bond donors (Lipinski definition) is 5. The van der Waals surface area contributed by atoms with Gasteiger partial charge in [-0.1, -0.05) is 13.8 Å². The van der Waals surface area contributed by atoms with Crippen molar-refractivity contribution in [1.82, 2.24) is 0 Å². The van der Waals surface area contributed by atoms with Gasteiger partial charge in [0.05, 0.1) is 24.4 Å². The minimum atomic E-state index is -1.32. The highest BCUT2D eigenvalue weighted by Gasteiger charge is 2.68. The van der Waals surface area contributed by atoms with Crippen LogP contribution in [0.2, 0.25) is 0 Å². The number of aliphatic hydroxyl groups is 5. The average molecular weight is 369 g/mol. The molecule has 0 radical (unpaired) electrons. The molecule has 5 heteroatoms. The van der Waals surface area contributed by atoms with Crippen LogP contribution in [0.4, 0.5) is 0 Å². The number of rotatable bonds is 2. The highest BCUT2D eigenvalue weighted by atomic mass is 16.4. The predicted molar refractivity (Wildman–Crippen MR) is 97.2 cm³/mol. The lowest BCUT2D eigenvalue weighted by Crippen LogP contribution is -2.64. The third kappa shape index (κ3) is 2.33. The summed E-state index contributed by atoms with van der Waals surface area (Å²) in [5.41, 5.74) is -1.83. The quantitative estimate of drug-likeness (QED) is 0.508. The van der Waals surface area contributed by atoms with Gasteiger partial charge in [0.1, 0.15) is 6.10 Å². The van der Waals surface area contributed by atoms with Gasteiger partial charge in [0, 0.05) is 5.41 Å². The van der Waals surface area contributed by atoms with Crippen LogP contribution in [0.1, 0.15) is 65.2 Å². The van der Waals surface area contributed by atoms with Gasteiger partial charge in [-0.3, -0.25) is 0 Å². The van der Waals surface area contributed by atoms with Gasteiger partial charge >= 0.3 is 0 Å². The van der Waals surface area contributed by atoms with Gasteiger partial charge in [-0.2, -0.15) is 0 Å². The average Bonchev–Trinajstić information content (AvgIpc) is 2.86. The molecule has 0 amide bonds. The molecule has 4 aliphatic rings. The van der Waals surface area contributed by atoms with Gasteiger partial charge in [-0.05, 0) is 80.5 Å². The summed E-state index contributed by atoms with van der Waals surface area (Å²) in [6.07, 6.45) is 4.70. The Balaban J connectivity index is 1.68. The van der Waals surface area contributed by atoms with Crippen LogP contribution in [0.3, 0.4) is 0 Å². The molecule has 0 aromatic carbocycles. The topological polar surface area (TPSA) is 101 Å². The van der Waals surface area contributed by atoms with Crippen LogP contribution in [0.25, 0.3) is 0 Å². The molecule has 0 aliphatic heterocycles. The molecule has 0 aromatic heterocycles. The van der Waals surface area contributed by atoms with Gasteiger partial charge < -0.3 is 25.5 Å². The van der Waals surface area contributed by atoms with E-state index in [9.17, 15) is 25.5 Å². The van der Waals surface area contributed by atoms with Gasteiger partial charge in [0.15, 0.2) is 0 Å². The molecule has 26 heavy (non-hydrogen) atoms. The number of fused-ring (bicyclic) bond motifs is 5. The second-order valence-corrected chi connectivity index (χ2v) is 10.4. The summed E-state index contributed by atoms with van der Waals surface area (Å²) in [7, 11) is 0. The zero-order valence-electron chi connectivity index (χ0n) is 16.1. The van der Waals surface area contributed by atoms with Crippen molar-refractivity contribution in [3.63, 3.8) is 0 Å². The first-order chi connectivity index (χ1) is 12.2. The fourth-order valence-corrected chi connectivity index (χ4v) is 8.10. The Morgan fingerprint density at radius 3 is 2.46 bits per heavy atom. The lowest BCUT2D eigenvalue weighted by atomic mass is 9.43. The summed E-state index contributed by atoms with van der Waals surface area (Å²) in [5, 5.41) is 52.5. The van der Waals surface area contributed by atoms with Crippen molar-refractivity contribution in [3.8, 4) is 0 Å². The molecular weight excluding hydrogens is 332 g/mol. The zero-order valence-corrected chi connectivity index (χ0v) is 16.1. The van der Waals surface area contributed by atoms with Gasteiger partial charge in [0.2, 0.25) is 0 Å². The summed E-state index contributed by atoms with van der Waals surface area (Å²) in [6.45, 7) is 3.89. The van der Waals surface area contributed by atoms with Crippen molar-refractivity contribution >= 4 is 0 Å². The van der Waals surface area contributed by atoms with E-state index in [1.54, 1.807) is 0 Å². The first kappa shape index (κ1) is 19.1. The molecular formula is C21H36O5. The fraction of sp³-hybridized carbons (Fsp3) is 1.00. The fourth-order valence-electron chi connectivity index (χ4n) is 8.10. The van der Waals surface area contributed by atoms with Crippen LogP contribution in [-0.4, -0.2) is 56.1 Å². The Labute approximate surface area is 156 Å². The summed E-state index contributed by atoms with van der Waals surface area (Å²) in [5.74, 6) is 1.29. The molecule has 4 rings (SSSR count). The van der Waals surface area contributed by atoms with Crippen molar-refractivity contribution in [2.24, 2.45) is 34.5 Å². The minimum Gasteiger partial charge on any atom is -0.394 e. The van der Waals surface area contributed by atoms with E-state index in [4.69, 9.17) is 0 Å². The first-order valence-corrected chi connectivity index (χ1v) is 10.5. The summed E-state index contributed by atoms with van der Waals surface area (Å²) >= 11 is 0. The molecule has 4 fully saturated rings. The Kier molecular flexibility index (Phi) is 4.52. The largest absolute Gasteiger partial charge is 0.394 e. The van der Waals surface area contributed by atoms with Crippen molar-refractivity contribution < 1.29 is 25.5 Å². The van der Waals surface area contributed by atoms with E-state index < -0.39 is 29.8 Å². The monoisotopic (exact) mass is 368 g/mol. The number of aliphatic hydroxyl groups excluding tert-OH is 4. The summed E-state index contributed by atoms with van der Waals surface area (Å²) < 4.78 is 0. The molecule has 10 atom stereocenters. The molecule has 4 aliphatic carbocycles. The van der Waals surface area contributed by atoms with E-state index in [0.29, 0.717) is 24.7 Å². The molecule has 0 bridgehead atoms. The SMILES string of the molecule is C[C@]12CC[C@H](O)C[C@@H]1CC[C@@H]1[C@@H]2[C@@H](O)C[C@@]2(C)[C@H]1CC[C@]2(O)[C@H](O)CO. The maximum atomic E-state index is 11.3. The second-order valence-electron chi connectivity index (χ2n) is 10.4. The van der Waals surface area contributed by atoms with E-state index in [0.717, 1.165) is 38.5 Å². The van der Waals surface area contributed by atoms with Crippen molar-refractivity contribution in [2.75, 3.05) is 6.61 Å². The first-order valence-electron chi connectivity index (χ1n) is 10.5. The molecule has 0 heterocycles. The van der Waals surface area contributed by atoms with Crippen LogP contribution < -0.4 is 0 Å². The van der Waals surface area contributed by atoms with Gasteiger partial charge in [0.25, 0.3) is 0 Å². The molecule has 0 saturated heterocycles. The van der Waals surface area contributed by atoms with Crippen molar-refractivity contribution in [2.45, 2.75) is 89.1 Å². The zero-order chi connectivity index (χ0) is 18.9. The van der Waals surface area contributed by atoms with Crippen molar-refractivity contribution in [1.29, 1.82) is 0 Å². The standard InChI is InChI=1S/C21H36O5/c1-19-7-5-13(23)9-12(19)3-4-14-15-6-8-21(26,17(25)11-22)20(15,2)10-16(24)18(14)19/h12-18,22-26H,3-11H2,1-2H3/t12-,13-,14-,15-,16-,17+,18+,19-,20-,21-/m0/s1. The van der Waals surface area contributed by atoms with Crippen molar-refractivity contribution in [3.05, 3.63) is 0 Å². The van der Waals surface area contributed by atoms with E-state index in [1.807, 2.05) is 6.92 Å². The lowest BCUT2D eigenvalue weighted by Gasteiger charge is -2.63. The smallest absolute Gasteiger partial charge is 0.106 e. The van der Waals surface area contributed by atoms with Gasteiger partial charge in [-0.25, -0.2) is 0 Å². The van der Waals surface area contributed by atoms with E-state index in [-0.39, 0.29) is 23.4 Å². The molecule has 5 nitrogen and oxygen atoms in total. The lowest BCUT2D eigenvalue weighted by molar-refractivity contribution is -0.224. The second kappa shape index (κ2) is 6.15. The molecule has 0 unspecified atom stereocenters. The Morgan fingerprint density at radius 1 is 1.04 bits per heavy atom. The Bertz CT molecular complexity index is 555. The Morgan fingerprint density at radius 2 is 1.77 bits per heavy atom. The van der Waals surface area contributed by atoms with Crippen LogP contribution in [-0.2, 0) is 0 Å². The predicted octanol–water partition coefficient (Wildman–Crippen LogP) is 1.45. The summed E-state index contributed by atoms with van der Waals surface area (Å²) in [4.78, 5) is 0.